The van der Waals surface area contributed by atoms with Gasteiger partial charge < -0.3 is 20.3 Å². The molecule has 2 atom stereocenters. The van der Waals surface area contributed by atoms with E-state index >= 15 is 0 Å². The maximum absolute atomic E-state index is 12.4. The van der Waals surface area contributed by atoms with Crippen molar-refractivity contribution in [2.45, 2.75) is 296 Å². The monoisotopic (exact) mass is 846 g/mol. The molecule has 0 bridgehead atoms. The first kappa shape index (κ1) is 58.3. The van der Waals surface area contributed by atoms with Crippen molar-refractivity contribution in [2.75, 3.05) is 13.2 Å². The van der Waals surface area contributed by atoms with E-state index in [2.05, 4.69) is 31.3 Å². The third-order valence-corrected chi connectivity index (χ3v) is 12.2. The predicted molar refractivity (Wildman–Crippen MR) is 260 cm³/mol. The summed E-state index contributed by atoms with van der Waals surface area (Å²) < 4.78 is 5.47. The van der Waals surface area contributed by atoms with Crippen molar-refractivity contribution in [3.8, 4) is 0 Å². The number of carbonyl (C=O) groups is 2. The Kier molecular flexibility index (Phi) is 48.6. The number of carbonyl (C=O) groups excluding carboxylic acids is 2. The second-order valence-electron chi connectivity index (χ2n) is 18.2. The Hall–Kier alpha value is -1.66. The van der Waals surface area contributed by atoms with Gasteiger partial charge in [-0.25, -0.2) is 0 Å². The first-order chi connectivity index (χ1) is 29.5. The standard InChI is InChI=1S/C54H103NO5/c1-3-5-7-9-11-13-15-17-18-19-20-21-22-23-28-32-36-40-44-48-54(59)60-49-45-41-37-33-29-25-24-27-31-35-39-43-47-53(58)55-51(50-56)52(57)46-42-38-34-30-26-16-14-12-10-8-6-4-2/h17-18,42,46,51-52,56-57H,3-16,19-41,43-45,47-50H2,1-2H3,(H,55,58)/b18-17-,46-42+. The lowest BCUT2D eigenvalue weighted by Gasteiger charge is -2.20. The summed E-state index contributed by atoms with van der Waals surface area (Å²) in [6.45, 7) is 4.86. The Labute approximate surface area is 373 Å². The van der Waals surface area contributed by atoms with Crippen LogP contribution in [0.25, 0.3) is 0 Å². The summed E-state index contributed by atoms with van der Waals surface area (Å²) in [5.74, 6) is -0.0957. The number of esters is 1. The first-order valence-corrected chi connectivity index (χ1v) is 26.6. The molecule has 0 radical (unpaired) electrons. The Bertz CT molecular complexity index is 935. The van der Waals surface area contributed by atoms with Crippen LogP contribution >= 0.6 is 0 Å². The quantitative estimate of drug-likeness (QED) is 0.0322. The zero-order chi connectivity index (χ0) is 43.7. The van der Waals surface area contributed by atoms with Gasteiger partial charge in [0.2, 0.25) is 5.91 Å². The van der Waals surface area contributed by atoms with Crippen LogP contribution in [0.15, 0.2) is 24.3 Å². The molecule has 0 saturated carbocycles. The molecule has 60 heavy (non-hydrogen) atoms. The second-order valence-corrected chi connectivity index (χ2v) is 18.2. The highest BCUT2D eigenvalue weighted by atomic mass is 16.5. The van der Waals surface area contributed by atoms with Crippen molar-refractivity contribution in [3.63, 3.8) is 0 Å². The van der Waals surface area contributed by atoms with Gasteiger partial charge in [-0.15, -0.1) is 0 Å². The molecule has 3 N–H and O–H groups in total. The van der Waals surface area contributed by atoms with E-state index in [1.54, 1.807) is 6.08 Å². The van der Waals surface area contributed by atoms with E-state index in [-0.39, 0.29) is 18.5 Å². The smallest absolute Gasteiger partial charge is 0.305 e. The van der Waals surface area contributed by atoms with Gasteiger partial charge in [0, 0.05) is 12.8 Å². The number of ether oxygens (including phenoxy) is 1. The number of allylic oxidation sites excluding steroid dienone is 3. The summed E-state index contributed by atoms with van der Waals surface area (Å²) >= 11 is 0. The average Bonchev–Trinajstić information content (AvgIpc) is 3.25. The number of hydrogen-bond donors (Lipinski definition) is 3. The largest absolute Gasteiger partial charge is 0.466 e. The number of hydrogen-bond acceptors (Lipinski definition) is 5. The number of unbranched alkanes of at least 4 members (excludes halogenated alkanes) is 36. The lowest BCUT2D eigenvalue weighted by molar-refractivity contribution is -0.143. The summed E-state index contributed by atoms with van der Waals surface area (Å²) in [6, 6.07) is -0.638. The maximum Gasteiger partial charge on any atom is 0.305 e. The molecule has 0 aliphatic heterocycles. The number of nitrogens with one attached hydrogen (secondary N) is 1. The van der Waals surface area contributed by atoms with Gasteiger partial charge in [0.15, 0.2) is 0 Å². The molecule has 0 spiro atoms. The third kappa shape index (κ3) is 45.9. The molecule has 0 fully saturated rings. The molecule has 354 valence electrons. The van der Waals surface area contributed by atoms with Crippen molar-refractivity contribution in [2.24, 2.45) is 0 Å². The highest BCUT2D eigenvalue weighted by molar-refractivity contribution is 5.76. The van der Waals surface area contributed by atoms with Gasteiger partial charge >= 0.3 is 5.97 Å². The fourth-order valence-corrected chi connectivity index (χ4v) is 8.10. The molecule has 0 aromatic heterocycles. The van der Waals surface area contributed by atoms with Gasteiger partial charge in [-0.05, 0) is 57.8 Å². The van der Waals surface area contributed by atoms with Gasteiger partial charge in [0.25, 0.3) is 0 Å². The number of amides is 1. The summed E-state index contributed by atoms with van der Waals surface area (Å²) in [7, 11) is 0. The summed E-state index contributed by atoms with van der Waals surface area (Å²) in [6.07, 6.45) is 58.9. The van der Waals surface area contributed by atoms with E-state index in [0.717, 1.165) is 57.8 Å². The van der Waals surface area contributed by atoms with E-state index in [1.807, 2.05) is 6.08 Å². The normalized spacial score (nSPS) is 12.8. The molecule has 1 amide bonds. The highest BCUT2D eigenvalue weighted by Crippen LogP contribution is 2.16. The van der Waals surface area contributed by atoms with Crippen LogP contribution < -0.4 is 5.32 Å². The van der Waals surface area contributed by atoms with Gasteiger partial charge in [-0.3, -0.25) is 9.59 Å². The molecule has 2 unspecified atom stereocenters. The van der Waals surface area contributed by atoms with Crippen molar-refractivity contribution in [3.05, 3.63) is 24.3 Å². The minimum atomic E-state index is -0.853. The summed E-state index contributed by atoms with van der Waals surface area (Å²) in [4.78, 5) is 24.5. The zero-order valence-corrected chi connectivity index (χ0v) is 40.2. The van der Waals surface area contributed by atoms with Crippen LogP contribution in [0.3, 0.4) is 0 Å². The first-order valence-electron chi connectivity index (χ1n) is 26.6. The Morgan fingerprint density at radius 3 is 1.18 bits per heavy atom. The molecule has 0 aromatic rings. The lowest BCUT2D eigenvalue weighted by atomic mass is 10.0. The van der Waals surface area contributed by atoms with E-state index < -0.39 is 12.1 Å². The maximum atomic E-state index is 12.4. The molecular formula is C54H103NO5. The van der Waals surface area contributed by atoms with E-state index in [1.165, 1.54) is 199 Å². The van der Waals surface area contributed by atoms with Crippen LogP contribution in [-0.2, 0) is 14.3 Å². The van der Waals surface area contributed by atoms with Gasteiger partial charge in [0.05, 0.1) is 25.4 Å². The molecule has 6 heteroatoms. The average molecular weight is 846 g/mol. The molecule has 0 aliphatic carbocycles. The number of aliphatic hydroxyl groups is 2. The van der Waals surface area contributed by atoms with Crippen LogP contribution in [0.1, 0.15) is 284 Å². The van der Waals surface area contributed by atoms with Crippen molar-refractivity contribution in [1.29, 1.82) is 0 Å². The van der Waals surface area contributed by atoms with Gasteiger partial charge in [-0.1, -0.05) is 237 Å². The van der Waals surface area contributed by atoms with Crippen molar-refractivity contribution >= 4 is 11.9 Å². The van der Waals surface area contributed by atoms with Gasteiger partial charge in [-0.2, -0.15) is 0 Å². The predicted octanol–water partition coefficient (Wildman–Crippen LogP) is 15.9. The minimum Gasteiger partial charge on any atom is -0.466 e. The molecule has 0 aromatic carbocycles. The second kappa shape index (κ2) is 50.0. The third-order valence-electron chi connectivity index (χ3n) is 12.2. The van der Waals surface area contributed by atoms with E-state index in [0.29, 0.717) is 19.4 Å². The SMILES string of the molecule is CCCCCCCC/C=C\CCCCCCCCCCCC(=O)OCCCCCCCCCCCCCCC(=O)NC(CO)C(O)/C=C/CCCCCCCCCCCC. The molecule has 0 aliphatic rings. The molecule has 0 heterocycles. The molecule has 0 saturated heterocycles. The highest BCUT2D eigenvalue weighted by Gasteiger charge is 2.18. The summed E-state index contributed by atoms with van der Waals surface area (Å²) in [5.41, 5.74) is 0. The number of aliphatic hydroxyl groups excluding tert-OH is 2. The van der Waals surface area contributed by atoms with Crippen LogP contribution in [0.2, 0.25) is 0 Å². The van der Waals surface area contributed by atoms with E-state index in [9.17, 15) is 19.8 Å². The minimum absolute atomic E-state index is 0.0115. The fourth-order valence-electron chi connectivity index (χ4n) is 8.10. The van der Waals surface area contributed by atoms with Crippen LogP contribution in [0.4, 0.5) is 0 Å². The van der Waals surface area contributed by atoms with Gasteiger partial charge in [0.1, 0.15) is 0 Å². The fraction of sp³-hybridized carbons (Fsp3) is 0.889. The zero-order valence-electron chi connectivity index (χ0n) is 40.2. The molecule has 6 nitrogen and oxygen atoms in total. The topological polar surface area (TPSA) is 95.9 Å². The number of rotatable bonds is 49. The van der Waals surface area contributed by atoms with Crippen molar-refractivity contribution < 1.29 is 24.5 Å². The molecule has 0 rings (SSSR count). The molecular weight excluding hydrogens is 743 g/mol. The lowest BCUT2D eigenvalue weighted by Crippen LogP contribution is -2.45. The van der Waals surface area contributed by atoms with E-state index in [4.69, 9.17) is 4.74 Å². The Morgan fingerprint density at radius 1 is 0.450 bits per heavy atom. The van der Waals surface area contributed by atoms with Crippen LogP contribution in [-0.4, -0.2) is 47.4 Å². The van der Waals surface area contributed by atoms with Crippen molar-refractivity contribution in [1.82, 2.24) is 5.32 Å². The van der Waals surface area contributed by atoms with Crippen LogP contribution in [0.5, 0.6) is 0 Å². The Balaban J connectivity index is 3.45. The Morgan fingerprint density at radius 2 is 0.783 bits per heavy atom. The van der Waals surface area contributed by atoms with Crippen LogP contribution in [0, 0.1) is 0 Å². The summed E-state index contributed by atoms with van der Waals surface area (Å²) in [5, 5.41) is 23.0.